The number of benzene rings is 1. The number of amides is 1. The molecule has 1 aromatic heterocycles. The number of aromatic nitrogens is 1. The summed E-state index contributed by atoms with van der Waals surface area (Å²) in [7, 11) is 0. The second-order valence-corrected chi connectivity index (χ2v) is 6.57. The monoisotopic (exact) mass is 354 g/mol. The first-order valence-corrected chi connectivity index (χ1v) is 9.00. The van der Waals surface area contributed by atoms with Gasteiger partial charge in [0.2, 0.25) is 0 Å². The molecule has 1 fully saturated rings. The van der Waals surface area contributed by atoms with Crippen LogP contribution in [0.4, 0.5) is 11.4 Å². The normalized spacial score (nSPS) is 14.8. The fourth-order valence-electron chi connectivity index (χ4n) is 2.83. The molecular weight excluding hydrogens is 328 g/mol. The van der Waals surface area contributed by atoms with E-state index in [4.69, 9.17) is 4.74 Å². The molecule has 2 aromatic rings. The van der Waals surface area contributed by atoms with E-state index in [9.17, 15) is 4.79 Å². The molecule has 26 heavy (non-hydrogen) atoms. The summed E-state index contributed by atoms with van der Waals surface area (Å²) in [6, 6.07) is 9.51. The first-order valence-electron chi connectivity index (χ1n) is 9.00. The molecule has 138 valence electrons. The lowest BCUT2D eigenvalue weighted by molar-refractivity contribution is 0.0398. The van der Waals surface area contributed by atoms with Gasteiger partial charge in [-0.15, -0.1) is 0 Å². The molecular formula is C20H26N4O2. The highest BCUT2D eigenvalue weighted by molar-refractivity contribution is 6.03. The largest absolute Gasteiger partial charge is 0.383 e. The standard InChI is InChI=1S/C20H26N4O2/c1-15-3-4-17(13-16(15)2)23-20(25)19-6-5-18(14-22-19)21-7-8-24-9-11-26-12-10-24/h3-6,13-14,21H,7-12H2,1-2H3,(H,23,25). The summed E-state index contributed by atoms with van der Waals surface area (Å²) in [5, 5.41) is 6.24. The van der Waals surface area contributed by atoms with Crippen LogP contribution in [-0.2, 0) is 4.74 Å². The van der Waals surface area contributed by atoms with Crippen LogP contribution < -0.4 is 10.6 Å². The van der Waals surface area contributed by atoms with Crippen molar-refractivity contribution in [1.29, 1.82) is 0 Å². The van der Waals surface area contributed by atoms with Crippen LogP contribution in [0.15, 0.2) is 36.5 Å². The number of pyridine rings is 1. The number of morpholine rings is 1. The van der Waals surface area contributed by atoms with Gasteiger partial charge in [-0.25, -0.2) is 4.98 Å². The van der Waals surface area contributed by atoms with Crippen LogP contribution in [-0.4, -0.2) is 55.2 Å². The van der Waals surface area contributed by atoms with E-state index in [1.807, 2.05) is 38.1 Å². The Bertz CT molecular complexity index is 740. The van der Waals surface area contributed by atoms with Gasteiger partial charge in [-0.05, 0) is 49.2 Å². The zero-order valence-electron chi connectivity index (χ0n) is 15.4. The molecule has 6 nitrogen and oxygen atoms in total. The number of anilines is 2. The molecule has 0 radical (unpaired) electrons. The molecule has 1 aliphatic rings. The van der Waals surface area contributed by atoms with Gasteiger partial charge < -0.3 is 15.4 Å². The number of nitrogens with one attached hydrogen (secondary N) is 2. The van der Waals surface area contributed by atoms with Gasteiger partial charge in [0.25, 0.3) is 5.91 Å². The summed E-state index contributed by atoms with van der Waals surface area (Å²) < 4.78 is 5.34. The van der Waals surface area contributed by atoms with E-state index in [2.05, 4.69) is 20.5 Å². The van der Waals surface area contributed by atoms with Crippen LogP contribution in [0.5, 0.6) is 0 Å². The second kappa shape index (κ2) is 8.78. The second-order valence-electron chi connectivity index (χ2n) is 6.57. The van der Waals surface area contributed by atoms with Crippen molar-refractivity contribution in [2.45, 2.75) is 13.8 Å². The van der Waals surface area contributed by atoms with Gasteiger partial charge in [-0.1, -0.05) is 6.07 Å². The van der Waals surface area contributed by atoms with E-state index >= 15 is 0 Å². The minimum atomic E-state index is -0.201. The van der Waals surface area contributed by atoms with Crippen molar-refractivity contribution < 1.29 is 9.53 Å². The highest BCUT2D eigenvalue weighted by atomic mass is 16.5. The molecule has 2 heterocycles. The van der Waals surface area contributed by atoms with Gasteiger partial charge >= 0.3 is 0 Å². The van der Waals surface area contributed by atoms with Gasteiger partial charge in [-0.3, -0.25) is 9.69 Å². The summed E-state index contributed by atoms with van der Waals surface area (Å²) in [4.78, 5) is 19.0. The number of carbonyl (C=O) groups excluding carboxylic acids is 1. The lowest BCUT2D eigenvalue weighted by atomic mass is 10.1. The maximum absolute atomic E-state index is 12.3. The molecule has 1 aliphatic heterocycles. The fourth-order valence-corrected chi connectivity index (χ4v) is 2.83. The van der Waals surface area contributed by atoms with E-state index in [0.29, 0.717) is 5.69 Å². The minimum Gasteiger partial charge on any atom is -0.383 e. The highest BCUT2D eigenvalue weighted by Gasteiger charge is 2.10. The maximum atomic E-state index is 12.3. The Kier molecular flexibility index (Phi) is 6.20. The van der Waals surface area contributed by atoms with Crippen LogP contribution >= 0.6 is 0 Å². The quantitative estimate of drug-likeness (QED) is 0.835. The number of nitrogens with zero attached hydrogens (tertiary/aromatic N) is 2. The van der Waals surface area contributed by atoms with Crippen molar-refractivity contribution in [3.63, 3.8) is 0 Å². The van der Waals surface area contributed by atoms with Crippen LogP contribution in [0.2, 0.25) is 0 Å². The molecule has 1 saturated heterocycles. The van der Waals surface area contributed by atoms with Gasteiger partial charge in [0, 0.05) is 31.9 Å². The Hall–Kier alpha value is -2.44. The lowest BCUT2D eigenvalue weighted by Crippen LogP contribution is -2.39. The van der Waals surface area contributed by atoms with Crippen LogP contribution in [0, 0.1) is 13.8 Å². The first kappa shape index (κ1) is 18.4. The third-order valence-electron chi connectivity index (χ3n) is 4.62. The summed E-state index contributed by atoms with van der Waals surface area (Å²) >= 11 is 0. The lowest BCUT2D eigenvalue weighted by Gasteiger charge is -2.26. The average Bonchev–Trinajstić information content (AvgIpc) is 2.66. The minimum absolute atomic E-state index is 0.201. The molecule has 0 bridgehead atoms. The van der Waals surface area contributed by atoms with E-state index in [1.54, 1.807) is 12.3 Å². The van der Waals surface area contributed by atoms with Gasteiger partial charge in [0.05, 0.1) is 25.1 Å². The van der Waals surface area contributed by atoms with Gasteiger partial charge in [0.1, 0.15) is 5.69 Å². The predicted molar refractivity (Wildman–Crippen MR) is 104 cm³/mol. The van der Waals surface area contributed by atoms with E-state index in [-0.39, 0.29) is 5.91 Å². The zero-order valence-corrected chi connectivity index (χ0v) is 15.4. The van der Waals surface area contributed by atoms with Crippen LogP contribution in [0.1, 0.15) is 21.6 Å². The number of ether oxygens (including phenoxy) is 1. The first-order chi connectivity index (χ1) is 12.6. The molecule has 1 aromatic carbocycles. The molecule has 3 rings (SSSR count). The van der Waals surface area contributed by atoms with E-state index in [1.165, 1.54) is 5.56 Å². The van der Waals surface area contributed by atoms with Crippen molar-refractivity contribution in [3.8, 4) is 0 Å². The van der Waals surface area contributed by atoms with E-state index < -0.39 is 0 Å². The number of rotatable bonds is 6. The van der Waals surface area contributed by atoms with Crippen molar-refractivity contribution in [1.82, 2.24) is 9.88 Å². The zero-order chi connectivity index (χ0) is 18.4. The number of hydrogen-bond donors (Lipinski definition) is 2. The molecule has 6 heteroatoms. The summed E-state index contributed by atoms with van der Waals surface area (Å²) in [6.07, 6.45) is 1.70. The summed E-state index contributed by atoms with van der Waals surface area (Å²) in [5.41, 5.74) is 4.46. The average molecular weight is 354 g/mol. The molecule has 0 atom stereocenters. The van der Waals surface area contributed by atoms with Crippen LogP contribution in [0.25, 0.3) is 0 Å². The molecule has 0 unspecified atom stereocenters. The third kappa shape index (κ3) is 5.03. The SMILES string of the molecule is Cc1ccc(NC(=O)c2ccc(NCCN3CCOCC3)cn2)cc1C. The van der Waals surface area contributed by atoms with Gasteiger partial charge in [0.15, 0.2) is 0 Å². The third-order valence-corrected chi connectivity index (χ3v) is 4.62. The highest BCUT2D eigenvalue weighted by Crippen LogP contribution is 2.15. The Balaban J connectivity index is 1.49. The Morgan fingerprint density at radius 2 is 1.88 bits per heavy atom. The molecule has 0 saturated carbocycles. The molecule has 1 amide bonds. The fraction of sp³-hybridized carbons (Fsp3) is 0.400. The number of hydrogen-bond acceptors (Lipinski definition) is 5. The molecule has 0 spiro atoms. The van der Waals surface area contributed by atoms with E-state index in [0.717, 1.165) is 56.3 Å². The van der Waals surface area contributed by atoms with Crippen molar-refractivity contribution in [3.05, 3.63) is 53.3 Å². The summed E-state index contributed by atoms with van der Waals surface area (Å²) in [5.74, 6) is -0.201. The van der Waals surface area contributed by atoms with Crippen molar-refractivity contribution in [2.24, 2.45) is 0 Å². The summed E-state index contributed by atoms with van der Waals surface area (Å²) in [6.45, 7) is 9.48. The Morgan fingerprint density at radius 1 is 1.12 bits per heavy atom. The predicted octanol–water partition coefficient (Wildman–Crippen LogP) is 2.69. The maximum Gasteiger partial charge on any atom is 0.274 e. The van der Waals surface area contributed by atoms with Crippen molar-refractivity contribution in [2.75, 3.05) is 50.0 Å². The number of aryl methyl sites for hydroxylation is 2. The van der Waals surface area contributed by atoms with Crippen LogP contribution in [0.3, 0.4) is 0 Å². The smallest absolute Gasteiger partial charge is 0.274 e. The topological polar surface area (TPSA) is 66.5 Å². The Labute approximate surface area is 154 Å². The molecule has 2 N–H and O–H groups in total. The molecule has 0 aliphatic carbocycles. The van der Waals surface area contributed by atoms with Crippen molar-refractivity contribution >= 4 is 17.3 Å². The number of carbonyl (C=O) groups is 1. The Morgan fingerprint density at radius 3 is 2.58 bits per heavy atom. The van der Waals surface area contributed by atoms with Gasteiger partial charge in [-0.2, -0.15) is 0 Å².